The van der Waals surface area contributed by atoms with Crippen LogP contribution in [0, 0.1) is 0 Å². The van der Waals surface area contributed by atoms with Crippen molar-refractivity contribution in [2.24, 2.45) is 7.05 Å². The van der Waals surface area contributed by atoms with E-state index in [0.717, 1.165) is 27.0 Å². The molecule has 5 rings (SSSR count). The minimum absolute atomic E-state index is 0. The normalized spacial score (nSPS) is 15.6. The Kier molecular flexibility index (Phi) is 6.29. The van der Waals surface area contributed by atoms with Crippen LogP contribution in [-0.4, -0.2) is 44.8 Å². The lowest BCUT2D eigenvalue weighted by atomic mass is 10.2. The molecule has 2 amide bonds. The van der Waals surface area contributed by atoms with Gasteiger partial charge in [-0.1, -0.05) is 37.8 Å². The highest BCUT2D eigenvalue weighted by molar-refractivity contribution is 7.99. The molecule has 0 spiro atoms. The number of likely N-dealkylation sites (N-methyl/N-ethyl adjacent to an activating group) is 1. The molecular weight excluding hydrogens is 434 g/mol. The molecule has 1 aliphatic heterocycles. The summed E-state index contributed by atoms with van der Waals surface area (Å²) in [6, 6.07) is 15.5. The zero-order valence-electron chi connectivity index (χ0n) is 17.9. The third-order valence-corrected chi connectivity index (χ3v) is 6.88. The van der Waals surface area contributed by atoms with Gasteiger partial charge in [-0.3, -0.25) is 9.59 Å². The second kappa shape index (κ2) is 9.15. The van der Waals surface area contributed by atoms with E-state index in [9.17, 15) is 9.59 Å². The van der Waals surface area contributed by atoms with Crippen LogP contribution in [0.5, 0.6) is 0 Å². The number of aryl methyl sites for hydroxylation is 1. The van der Waals surface area contributed by atoms with Crippen LogP contribution < -0.4 is 10.2 Å². The van der Waals surface area contributed by atoms with Crippen molar-refractivity contribution in [3.05, 3.63) is 78.5 Å². The summed E-state index contributed by atoms with van der Waals surface area (Å²) in [6.45, 7) is 0.630. The van der Waals surface area contributed by atoms with E-state index in [-0.39, 0.29) is 19.2 Å². The summed E-state index contributed by atoms with van der Waals surface area (Å²) in [4.78, 5) is 32.9. The second-order valence-electron chi connectivity index (χ2n) is 7.96. The number of carbonyl (C=O) groups excluding carboxylic acids is 2. The molecule has 2 aromatic carbocycles. The van der Waals surface area contributed by atoms with Crippen LogP contribution >= 0.6 is 11.8 Å². The Morgan fingerprint density at radius 2 is 1.97 bits per heavy atom. The van der Waals surface area contributed by atoms with Crippen LogP contribution in [0.15, 0.2) is 72.1 Å². The van der Waals surface area contributed by atoms with Crippen LogP contribution in [0.2, 0.25) is 0 Å². The quantitative estimate of drug-likeness (QED) is 0.500. The summed E-state index contributed by atoms with van der Waals surface area (Å²) < 4.78 is 3.93. The molecule has 0 fully saturated rings. The number of hydrogen-bond donors (Lipinski definition) is 1. The fraction of sp³-hybridized carbons (Fsp3) is 0.240. The van der Waals surface area contributed by atoms with Crippen molar-refractivity contribution in [3.63, 3.8) is 0 Å². The molecule has 3 heterocycles. The number of thioether (sulfide) groups is 1. The SMILES string of the molecule is C.CN1C(=O)[C@@H](NC(=O)c2cn(Cc3ccccc3)cn2)CSc2cc3c(ccn3C)cc21. The van der Waals surface area contributed by atoms with E-state index in [1.807, 2.05) is 60.3 Å². The van der Waals surface area contributed by atoms with E-state index < -0.39 is 6.04 Å². The topological polar surface area (TPSA) is 72.2 Å². The fourth-order valence-corrected chi connectivity index (χ4v) is 5.06. The number of amides is 2. The Hall–Kier alpha value is -3.52. The Labute approximate surface area is 197 Å². The van der Waals surface area contributed by atoms with Crippen molar-refractivity contribution < 1.29 is 9.59 Å². The van der Waals surface area contributed by atoms with Crippen molar-refractivity contribution >= 4 is 40.2 Å². The highest BCUT2D eigenvalue weighted by Crippen LogP contribution is 2.37. The Morgan fingerprint density at radius 3 is 2.76 bits per heavy atom. The molecule has 0 unspecified atom stereocenters. The third-order valence-electron chi connectivity index (χ3n) is 5.74. The average molecular weight is 462 g/mol. The van der Waals surface area contributed by atoms with Gasteiger partial charge < -0.3 is 19.4 Å². The Balaban J connectivity index is 0.00000259. The number of benzene rings is 2. The molecule has 0 saturated heterocycles. The van der Waals surface area contributed by atoms with Gasteiger partial charge in [-0.25, -0.2) is 4.98 Å². The van der Waals surface area contributed by atoms with Crippen molar-refractivity contribution in [1.82, 2.24) is 19.4 Å². The molecular formula is C25H27N5O2S. The van der Waals surface area contributed by atoms with Gasteiger partial charge in [-0.2, -0.15) is 0 Å². The molecule has 0 bridgehead atoms. The van der Waals surface area contributed by atoms with Crippen molar-refractivity contribution in [3.8, 4) is 0 Å². The average Bonchev–Trinajstić information content (AvgIpc) is 3.39. The molecule has 170 valence electrons. The predicted molar refractivity (Wildman–Crippen MR) is 133 cm³/mol. The van der Waals surface area contributed by atoms with Gasteiger partial charge in [0, 0.05) is 54.6 Å². The summed E-state index contributed by atoms with van der Waals surface area (Å²) in [7, 11) is 3.76. The molecule has 0 aliphatic carbocycles. The molecule has 1 aliphatic rings. The monoisotopic (exact) mass is 461 g/mol. The lowest BCUT2D eigenvalue weighted by Crippen LogP contribution is -2.48. The number of anilines is 1. The molecule has 0 radical (unpaired) electrons. The molecule has 1 N–H and O–H groups in total. The minimum atomic E-state index is -0.632. The predicted octanol–water partition coefficient (Wildman–Crippen LogP) is 3.93. The van der Waals surface area contributed by atoms with Crippen LogP contribution in [0.1, 0.15) is 23.5 Å². The number of fused-ring (bicyclic) bond motifs is 2. The molecule has 0 saturated carbocycles. The maximum Gasteiger partial charge on any atom is 0.272 e. The number of aromatic nitrogens is 3. The largest absolute Gasteiger partial charge is 0.351 e. The first-order valence-corrected chi connectivity index (χ1v) is 11.3. The van der Waals surface area contributed by atoms with Crippen molar-refractivity contribution in [1.29, 1.82) is 0 Å². The maximum atomic E-state index is 13.1. The highest BCUT2D eigenvalue weighted by Gasteiger charge is 2.31. The van der Waals surface area contributed by atoms with Gasteiger partial charge in [0.15, 0.2) is 0 Å². The lowest BCUT2D eigenvalue weighted by Gasteiger charge is -2.21. The number of nitrogens with one attached hydrogen (secondary N) is 1. The smallest absolute Gasteiger partial charge is 0.272 e. The summed E-state index contributed by atoms with van der Waals surface area (Å²) in [6.07, 6.45) is 5.36. The summed E-state index contributed by atoms with van der Waals surface area (Å²) >= 11 is 1.58. The summed E-state index contributed by atoms with van der Waals surface area (Å²) in [5, 5.41) is 3.96. The Bertz CT molecular complexity index is 1310. The summed E-state index contributed by atoms with van der Waals surface area (Å²) in [5.74, 6) is -0.0216. The van der Waals surface area contributed by atoms with E-state index >= 15 is 0 Å². The molecule has 2 aromatic heterocycles. The number of rotatable bonds is 4. The molecule has 7 nitrogen and oxygen atoms in total. The number of hydrogen-bond acceptors (Lipinski definition) is 4. The zero-order valence-corrected chi connectivity index (χ0v) is 18.7. The van der Waals surface area contributed by atoms with Gasteiger partial charge in [0.05, 0.1) is 12.0 Å². The van der Waals surface area contributed by atoms with E-state index in [4.69, 9.17) is 0 Å². The molecule has 8 heteroatoms. The van der Waals surface area contributed by atoms with Gasteiger partial charge in [0.1, 0.15) is 11.7 Å². The number of nitrogens with zero attached hydrogens (tertiary/aromatic N) is 4. The van der Waals surface area contributed by atoms with Crippen molar-refractivity contribution in [2.45, 2.75) is 24.9 Å². The van der Waals surface area contributed by atoms with Crippen LogP contribution in [0.25, 0.3) is 10.9 Å². The lowest BCUT2D eigenvalue weighted by molar-refractivity contribution is -0.119. The molecule has 4 aromatic rings. The first kappa shape index (κ1) is 22.7. The standard InChI is InChI=1S/C24H23N5O2S.CH4/c1-27-9-8-17-10-21-22(11-20(17)27)32-14-19(24(31)28(21)2)26-23(30)18-13-29(15-25-18)12-16-6-4-3-5-7-16;/h3-11,13,15,19H,12,14H2,1-2H3,(H,26,30);1H4/t19-;/m0./s1. The summed E-state index contributed by atoms with van der Waals surface area (Å²) in [5.41, 5.74) is 3.40. The van der Waals surface area contributed by atoms with Gasteiger partial charge in [0.25, 0.3) is 5.91 Å². The van der Waals surface area contributed by atoms with Crippen molar-refractivity contribution in [2.75, 3.05) is 17.7 Å². The minimum Gasteiger partial charge on any atom is -0.351 e. The second-order valence-corrected chi connectivity index (χ2v) is 9.02. The fourth-order valence-electron chi connectivity index (χ4n) is 3.95. The van der Waals surface area contributed by atoms with Gasteiger partial charge in [0.2, 0.25) is 5.91 Å². The van der Waals surface area contributed by atoms with Gasteiger partial charge in [-0.15, -0.1) is 11.8 Å². The zero-order chi connectivity index (χ0) is 22.2. The highest BCUT2D eigenvalue weighted by atomic mass is 32.2. The first-order chi connectivity index (χ1) is 15.5. The maximum absolute atomic E-state index is 13.1. The number of imidazole rings is 1. The van der Waals surface area contributed by atoms with E-state index in [2.05, 4.69) is 20.9 Å². The van der Waals surface area contributed by atoms with Crippen LogP contribution in [-0.2, 0) is 18.4 Å². The first-order valence-electron chi connectivity index (χ1n) is 10.4. The number of carbonyl (C=O) groups is 2. The van der Waals surface area contributed by atoms with Crippen LogP contribution in [0.4, 0.5) is 5.69 Å². The van der Waals surface area contributed by atoms with E-state index in [1.165, 1.54) is 0 Å². The molecule has 33 heavy (non-hydrogen) atoms. The van der Waals surface area contributed by atoms with E-state index in [1.54, 1.807) is 36.2 Å². The van der Waals surface area contributed by atoms with Gasteiger partial charge >= 0.3 is 0 Å². The van der Waals surface area contributed by atoms with Gasteiger partial charge in [-0.05, 0) is 23.8 Å². The molecule has 1 atom stereocenters. The Morgan fingerprint density at radius 1 is 1.18 bits per heavy atom. The third kappa shape index (κ3) is 4.39. The van der Waals surface area contributed by atoms with Crippen LogP contribution in [0.3, 0.4) is 0 Å². The van der Waals surface area contributed by atoms with E-state index in [0.29, 0.717) is 18.0 Å².